The zero-order chi connectivity index (χ0) is 20.5. The minimum atomic E-state index is -1.04. The van der Waals surface area contributed by atoms with E-state index in [1.165, 1.54) is 6.07 Å². The lowest BCUT2D eigenvalue weighted by Crippen LogP contribution is -2.67. The topological polar surface area (TPSA) is 52.7 Å². The summed E-state index contributed by atoms with van der Waals surface area (Å²) in [6, 6.07) is 3.26. The Balaban J connectivity index is 1.51. The summed E-state index contributed by atoms with van der Waals surface area (Å²) in [5, 5.41) is 2.86. The maximum atomic E-state index is 13.5. The number of carbonyl (C=O) groups excluding carboxylic acids is 2. The second-order valence-corrected chi connectivity index (χ2v) is 8.43. The summed E-state index contributed by atoms with van der Waals surface area (Å²) >= 11 is 0. The van der Waals surface area contributed by atoms with Crippen LogP contribution in [0.5, 0.6) is 0 Å². The van der Waals surface area contributed by atoms with Crippen LogP contribution in [0.2, 0.25) is 0 Å². The highest BCUT2D eigenvalue weighted by atomic mass is 19.2. The van der Waals surface area contributed by atoms with Crippen molar-refractivity contribution in [2.24, 2.45) is 11.8 Å². The molecule has 3 saturated heterocycles. The molecular weight excluding hydrogens is 376 g/mol. The number of hydrogen-bond acceptors (Lipinski definition) is 3. The number of likely N-dealkylation sites (tertiary alicyclic amines) is 1. The molecular formula is C22H27F2N3O2. The number of piperidine rings is 3. The van der Waals surface area contributed by atoms with Crippen molar-refractivity contribution >= 4 is 11.8 Å². The van der Waals surface area contributed by atoms with Crippen molar-refractivity contribution in [2.75, 3.05) is 26.2 Å². The predicted molar refractivity (Wildman–Crippen MR) is 105 cm³/mol. The van der Waals surface area contributed by atoms with E-state index in [1.807, 2.05) is 11.0 Å². The molecule has 3 aliphatic rings. The van der Waals surface area contributed by atoms with Gasteiger partial charge in [-0.2, -0.15) is 0 Å². The molecule has 1 aromatic rings. The minimum absolute atomic E-state index is 0.0779. The van der Waals surface area contributed by atoms with Crippen molar-refractivity contribution < 1.29 is 18.4 Å². The average molecular weight is 403 g/mol. The van der Waals surface area contributed by atoms with Gasteiger partial charge in [-0.1, -0.05) is 6.08 Å². The molecule has 0 unspecified atom stereocenters. The highest BCUT2D eigenvalue weighted by Gasteiger charge is 2.49. The molecule has 5 nitrogen and oxygen atoms in total. The number of nitrogens with zero attached hydrogens (tertiary/aromatic N) is 2. The lowest BCUT2D eigenvalue weighted by Gasteiger charge is -2.56. The largest absolute Gasteiger partial charge is 0.350 e. The van der Waals surface area contributed by atoms with E-state index in [2.05, 4.69) is 16.8 Å². The molecule has 29 heavy (non-hydrogen) atoms. The molecule has 1 aromatic carbocycles. The van der Waals surface area contributed by atoms with Gasteiger partial charge in [-0.25, -0.2) is 8.78 Å². The number of halogens is 2. The fourth-order valence-corrected chi connectivity index (χ4v) is 5.40. The molecule has 0 spiro atoms. The zero-order valence-electron chi connectivity index (χ0n) is 16.4. The van der Waals surface area contributed by atoms with Crippen LogP contribution in [0.1, 0.15) is 36.0 Å². The van der Waals surface area contributed by atoms with Gasteiger partial charge in [-0.15, -0.1) is 6.58 Å². The molecule has 3 aliphatic heterocycles. The van der Waals surface area contributed by atoms with Gasteiger partial charge < -0.3 is 10.2 Å². The normalized spacial score (nSPS) is 29.3. The number of amides is 2. The third-order valence-electron chi connectivity index (χ3n) is 6.61. The molecule has 7 heteroatoms. The van der Waals surface area contributed by atoms with Gasteiger partial charge in [0.05, 0.1) is 6.04 Å². The average Bonchev–Trinajstić information content (AvgIpc) is 2.70. The summed E-state index contributed by atoms with van der Waals surface area (Å²) in [5.41, 5.74) is 0.0797. The Morgan fingerprint density at radius 1 is 1.24 bits per heavy atom. The fourth-order valence-electron chi connectivity index (χ4n) is 5.40. The maximum absolute atomic E-state index is 13.5. The second-order valence-electron chi connectivity index (χ2n) is 8.43. The standard InChI is InChI=1S/C22H27F2N3O2/c1-2-8-26-12-15-9-16(13-26)20(27-19(15)4-3-5-21(27)28)11-25-22(29)14-6-7-17(23)18(24)10-14/h2,6-7,10,15-16,19-20H,1,3-5,8-9,11-13H2,(H,25,29)/t15-,16+,19+,20+/m1/s1. The first kappa shape index (κ1) is 20.0. The molecule has 3 fully saturated rings. The molecule has 4 atom stereocenters. The monoisotopic (exact) mass is 403 g/mol. The van der Waals surface area contributed by atoms with E-state index >= 15 is 0 Å². The second kappa shape index (κ2) is 8.22. The summed E-state index contributed by atoms with van der Waals surface area (Å²) in [6.07, 6.45) is 5.42. The first-order valence-corrected chi connectivity index (χ1v) is 10.4. The van der Waals surface area contributed by atoms with Crippen LogP contribution in [-0.4, -0.2) is 59.9 Å². The SMILES string of the molecule is C=CCN1C[C@H]2C[C@@H](C1)[C@H](CNC(=O)c1ccc(F)c(F)c1)N1C(=O)CCC[C@@H]21. The van der Waals surface area contributed by atoms with Crippen LogP contribution < -0.4 is 5.32 Å². The highest BCUT2D eigenvalue weighted by molar-refractivity contribution is 5.94. The van der Waals surface area contributed by atoms with Crippen LogP contribution in [0.15, 0.2) is 30.9 Å². The molecule has 3 heterocycles. The molecule has 0 aromatic heterocycles. The quantitative estimate of drug-likeness (QED) is 0.769. The molecule has 0 radical (unpaired) electrons. The van der Waals surface area contributed by atoms with E-state index in [0.717, 1.165) is 51.0 Å². The van der Waals surface area contributed by atoms with Crippen LogP contribution in [0.3, 0.4) is 0 Å². The maximum Gasteiger partial charge on any atom is 0.251 e. The number of hydrogen-bond donors (Lipinski definition) is 1. The van der Waals surface area contributed by atoms with Gasteiger partial charge in [-0.3, -0.25) is 14.5 Å². The van der Waals surface area contributed by atoms with Gasteiger partial charge in [-0.05, 0) is 49.3 Å². The molecule has 4 rings (SSSR count). The molecule has 2 bridgehead atoms. The van der Waals surface area contributed by atoms with E-state index in [0.29, 0.717) is 18.9 Å². The Morgan fingerprint density at radius 3 is 2.79 bits per heavy atom. The first-order valence-electron chi connectivity index (χ1n) is 10.4. The predicted octanol–water partition coefficient (Wildman–Crippen LogP) is 2.58. The van der Waals surface area contributed by atoms with E-state index in [-0.39, 0.29) is 29.5 Å². The third kappa shape index (κ3) is 3.92. The van der Waals surface area contributed by atoms with Gasteiger partial charge in [0.2, 0.25) is 5.91 Å². The molecule has 156 valence electrons. The Morgan fingerprint density at radius 2 is 2.03 bits per heavy atom. The van der Waals surface area contributed by atoms with Gasteiger partial charge in [0, 0.05) is 44.2 Å². The number of nitrogens with one attached hydrogen (secondary N) is 1. The summed E-state index contributed by atoms with van der Waals surface area (Å²) in [5.74, 6) is -1.58. The van der Waals surface area contributed by atoms with Crippen molar-refractivity contribution in [3.8, 4) is 0 Å². The van der Waals surface area contributed by atoms with Gasteiger partial charge in [0.25, 0.3) is 5.91 Å². The van der Waals surface area contributed by atoms with Crippen LogP contribution in [0, 0.1) is 23.5 Å². The summed E-state index contributed by atoms with van der Waals surface area (Å²) in [7, 11) is 0. The van der Waals surface area contributed by atoms with Crippen LogP contribution in [0.4, 0.5) is 8.78 Å². The Bertz CT molecular complexity index is 815. The van der Waals surface area contributed by atoms with Crippen molar-refractivity contribution in [3.05, 3.63) is 48.1 Å². The Hall–Kier alpha value is -2.28. The van der Waals surface area contributed by atoms with E-state index in [4.69, 9.17) is 0 Å². The van der Waals surface area contributed by atoms with Crippen molar-refractivity contribution in [3.63, 3.8) is 0 Å². The smallest absolute Gasteiger partial charge is 0.251 e. The third-order valence-corrected chi connectivity index (χ3v) is 6.61. The van der Waals surface area contributed by atoms with Crippen molar-refractivity contribution in [1.82, 2.24) is 15.1 Å². The van der Waals surface area contributed by atoms with Crippen LogP contribution >= 0.6 is 0 Å². The fraction of sp³-hybridized carbons (Fsp3) is 0.545. The number of fused-ring (bicyclic) bond motifs is 4. The number of rotatable bonds is 5. The molecule has 0 aliphatic carbocycles. The zero-order valence-corrected chi connectivity index (χ0v) is 16.4. The molecule has 2 amide bonds. The lowest BCUT2D eigenvalue weighted by molar-refractivity contribution is -0.152. The summed E-state index contributed by atoms with van der Waals surface area (Å²) in [4.78, 5) is 29.7. The summed E-state index contributed by atoms with van der Waals surface area (Å²) < 4.78 is 26.6. The van der Waals surface area contributed by atoms with Crippen molar-refractivity contribution in [1.29, 1.82) is 0 Å². The Kier molecular flexibility index (Phi) is 5.67. The molecule has 0 saturated carbocycles. The van der Waals surface area contributed by atoms with Crippen LogP contribution in [-0.2, 0) is 4.79 Å². The lowest BCUT2D eigenvalue weighted by atomic mass is 9.72. The number of carbonyl (C=O) groups is 2. The van der Waals surface area contributed by atoms with Crippen LogP contribution in [0.25, 0.3) is 0 Å². The summed E-state index contributed by atoms with van der Waals surface area (Å²) in [6.45, 7) is 6.83. The van der Waals surface area contributed by atoms with E-state index in [9.17, 15) is 18.4 Å². The van der Waals surface area contributed by atoms with Gasteiger partial charge in [0.15, 0.2) is 11.6 Å². The van der Waals surface area contributed by atoms with Gasteiger partial charge >= 0.3 is 0 Å². The number of benzene rings is 1. The van der Waals surface area contributed by atoms with Crippen molar-refractivity contribution in [2.45, 2.75) is 37.8 Å². The molecule has 1 N–H and O–H groups in total. The van der Waals surface area contributed by atoms with Gasteiger partial charge in [0.1, 0.15) is 0 Å². The highest BCUT2D eigenvalue weighted by Crippen LogP contribution is 2.41. The first-order chi connectivity index (χ1) is 14.0. The van der Waals surface area contributed by atoms with E-state index in [1.54, 1.807) is 0 Å². The minimum Gasteiger partial charge on any atom is -0.350 e. The Labute approximate surface area is 169 Å². The van der Waals surface area contributed by atoms with E-state index < -0.39 is 17.5 Å².